The second-order valence-corrected chi connectivity index (χ2v) is 7.18. The van der Waals surface area contributed by atoms with Crippen LogP contribution >= 0.6 is 0 Å². The third-order valence-electron chi connectivity index (χ3n) is 5.46. The van der Waals surface area contributed by atoms with Gasteiger partial charge in [-0.3, -0.25) is 0 Å². The third kappa shape index (κ3) is 3.09. The summed E-state index contributed by atoms with van der Waals surface area (Å²) in [4.78, 5) is 0. The van der Waals surface area contributed by atoms with Gasteiger partial charge in [0.2, 0.25) is 0 Å². The summed E-state index contributed by atoms with van der Waals surface area (Å²) in [7, 11) is 0. The lowest BCUT2D eigenvalue weighted by Gasteiger charge is -2.36. The lowest BCUT2D eigenvalue weighted by atomic mass is 9.78. The Morgan fingerprint density at radius 3 is 2.75 bits per heavy atom. The normalized spacial score (nSPS) is 30.2. The Kier molecular flexibility index (Phi) is 4.45. The molecule has 3 unspecified atom stereocenters. The minimum Gasteiger partial charge on any atom is -0.307 e. The Balaban J connectivity index is 1.66. The molecule has 3 atom stereocenters. The van der Waals surface area contributed by atoms with Crippen LogP contribution in [0.3, 0.4) is 0 Å². The maximum Gasteiger partial charge on any atom is 0.0325 e. The molecule has 1 heteroatoms. The molecule has 1 N–H and O–H groups in total. The number of rotatable bonds is 3. The van der Waals surface area contributed by atoms with Gasteiger partial charge in [-0.25, -0.2) is 0 Å². The van der Waals surface area contributed by atoms with Crippen LogP contribution < -0.4 is 5.32 Å². The first kappa shape index (κ1) is 14.1. The molecule has 3 rings (SSSR count). The van der Waals surface area contributed by atoms with Crippen LogP contribution in [0.2, 0.25) is 0 Å². The summed E-state index contributed by atoms with van der Waals surface area (Å²) in [5.41, 5.74) is 3.15. The highest BCUT2D eigenvalue weighted by Gasteiger charge is 2.27. The van der Waals surface area contributed by atoms with E-state index in [1.807, 2.05) is 0 Å². The monoisotopic (exact) mass is 271 g/mol. The Hall–Kier alpha value is -0.820. The van der Waals surface area contributed by atoms with Gasteiger partial charge in [0.1, 0.15) is 0 Å². The number of hydrogen-bond acceptors (Lipinski definition) is 1. The molecule has 1 aromatic rings. The van der Waals surface area contributed by atoms with E-state index in [2.05, 4.69) is 43.4 Å². The fourth-order valence-electron chi connectivity index (χ4n) is 4.20. The van der Waals surface area contributed by atoms with E-state index < -0.39 is 0 Å². The van der Waals surface area contributed by atoms with Crippen molar-refractivity contribution < 1.29 is 0 Å². The largest absolute Gasteiger partial charge is 0.307 e. The molecular weight excluding hydrogens is 242 g/mol. The molecule has 0 aliphatic heterocycles. The van der Waals surface area contributed by atoms with E-state index in [0.29, 0.717) is 6.04 Å². The summed E-state index contributed by atoms with van der Waals surface area (Å²) >= 11 is 0. The fourth-order valence-corrected chi connectivity index (χ4v) is 4.20. The predicted molar refractivity (Wildman–Crippen MR) is 85.8 cm³/mol. The topological polar surface area (TPSA) is 12.0 Å². The van der Waals surface area contributed by atoms with E-state index >= 15 is 0 Å². The maximum absolute atomic E-state index is 4.00. The van der Waals surface area contributed by atoms with Gasteiger partial charge < -0.3 is 5.32 Å². The van der Waals surface area contributed by atoms with Crippen LogP contribution in [0.5, 0.6) is 0 Å². The molecular formula is C19H29N. The van der Waals surface area contributed by atoms with E-state index in [0.717, 1.165) is 17.9 Å². The molecule has 0 spiro atoms. The predicted octanol–water partition coefficient (Wildman–Crippen LogP) is 4.87. The molecule has 0 radical (unpaired) electrons. The first-order chi connectivity index (χ1) is 9.74. The van der Waals surface area contributed by atoms with Gasteiger partial charge in [0, 0.05) is 12.1 Å². The minimum absolute atomic E-state index is 0.607. The van der Waals surface area contributed by atoms with E-state index in [9.17, 15) is 0 Å². The number of aryl methyl sites for hydroxylation is 1. The van der Waals surface area contributed by atoms with Crippen molar-refractivity contribution in [1.82, 2.24) is 5.32 Å². The minimum atomic E-state index is 0.607. The molecule has 2 aliphatic carbocycles. The SMILES string of the molecule is CC(C)C1CCCC(NC2CCCc3ccccc32)C1. The van der Waals surface area contributed by atoms with Crippen LogP contribution in [-0.2, 0) is 6.42 Å². The fraction of sp³-hybridized carbons (Fsp3) is 0.684. The van der Waals surface area contributed by atoms with Gasteiger partial charge in [0.15, 0.2) is 0 Å². The molecule has 1 nitrogen and oxygen atoms in total. The Bertz CT molecular complexity index is 437. The smallest absolute Gasteiger partial charge is 0.0325 e. The molecule has 1 fully saturated rings. The molecule has 0 amide bonds. The van der Waals surface area contributed by atoms with Crippen LogP contribution in [0.4, 0.5) is 0 Å². The lowest BCUT2D eigenvalue weighted by Crippen LogP contribution is -2.39. The number of hydrogen-bond donors (Lipinski definition) is 1. The summed E-state index contributed by atoms with van der Waals surface area (Å²) in [6.45, 7) is 4.78. The van der Waals surface area contributed by atoms with Crippen molar-refractivity contribution in [3.63, 3.8) is 0 Å². The molecule has 0 saturated heterocycles. The van der Waals surface area contributed by atoms with Crippen LogP contribution in [0.1, 0.15) is 69.5 Å². The van der Waals surface area contributed by atoms with E-state index in [1.165, 1.54) is 44.9 Å². The maximum atomic E-state index is 4.00. The quantitative estimate of drug-likeness (QED) is 0.827. The Labute approximate surface area is 124 Å². The number of fused-ring (bicyclic) bond motifs is 1. The van der Waals surface area contributed by atoms with Gasteiger partial charge in [-0.2, -0.15) is 0 Å². The molecule has 2 aliphatic rings. The van der Waals surface area contributed by atoms with Crippen molar-refractivity contribution in [2.75, 3.05) is 0 Å². The first-order valence-electron chi connectivity index (χ1n) is 8.58. The molecule has 1 saturated carbocycles. The molecule has 0 aromatic heterocycles. The highest BCUT2D eigenvalue weighted by atomic mass is 15.0. The van der Waals surface area contributed by atoms with Crippen LogP contribution in [0, 0.1) is 11.8 Å². The average molecular weight is 271 g/mol. The van der Waals surface area contributed by atoms with E-state index in [4.69, 9.17) is 0 Å². The lowest BCUT2D eigenvalue weighted by molar-refractivity contribution is 0.216. The van der Waals surface area contributed by atoms with Crippen molar-refractivity contribution in [3.05, 3.63) is 35.4 Å². The molecule has 1 aromatic carbocycles. The zero-order valence-electron chi connectivity index (χ0n) is 13.1. The van der Waals surface area contributed by atoms with Gasteiger partial charge in [0.25, 0.3) is 0 Å². The van der Waals surface area contributed by atoms with Crippen LogP contribution in [-0.4, -0.2) is 6.04 Å². The highest BCUT2D eigenvalue weighted by molar-refractivity contribution is 5.32. The van der Waals surface area contributed by atoms with Crippen LogP contribution in [0.15, 0.2) is 24.3 Å². The summed E-state index contributed by atoms with van der Waals surface area (Å²) in [6, 6.07) is 10.4. The highest BCUT2D eigenvalue weighted by Crippen LogP contribution is 2.34. The van der Waals surface area contributed by atoms with Crippen molar-refractivity contribution >= 4 is 0 Å². The zero-order chi connectivity index (χ0) is 13.9. The first-order valence-corrected chi connectivity index (χ1v) is 8.58. The Morgan fingerprint density at radius 1 is 1.05 bits per heavy atom. The molecule has 110 valence electrons. The standard InChI is InChI=1S/C19H29N/c1-14(2)16-9-5-10-17(13-16)20-19-12-6-8-15-7-3-4-11-18(15)19/h3-4,7,11,14,16-17,19-20H,5-6,8-10,12-13H2,1-2H3. The summed E-state index contributed by atoms with van der Waals surface area (Å²) in [5, 5.41) is 4.00. The van der Waals surface area contributed by atoms with Gasteiger partial charge in [-0.05, 0) is 55.1 Å². The number of nitrogens with one attached hydrogen (secondary N) is 1. The van der Waals surface area contributed by atoms with E-state index in [-0.39, 0.29) is 0 Å². The number of benzene rings is 1. The van der Waals surface area contributed by atoms with Crippen molar-refractivity contribution in [1.29, 1.82) is 0 Å². The van der Waals surface area contributed by atoms with E-state index in [1.54, 1.807) is 11.1 Å². The zero-order valence-corrected chi connectivity index (χ0v) is 13.1. The summed E-state index contributed by atoms with van der Waals surface area (Å²) < 4.78 is 0. The van der Waals surface area contributed by atoms with Gasteiger partial charge in [0.05, 0.1) is 0 Å². The third-order valence-corrected chi connectivity index (χ3v) is 5.46. The average Bonchev–Trinajstić information content (AvgIpc) is 2.48. The Morgan fingerprint density at radius 2 is 1.90 bits per heavy atom. The van der Waals surface area contributed by atoms with Crippen LogP contribution in [0.25, 0.3) is 0 Å². The summed E-state index contributed by atoms with van der Waals surface area (Å²) in [6.07, 6.45) is 9.55. The van der Waals surface area contributed by atoms with Gasteiger partial charge >= 0.3 is 0 Å². The van der Waals surface area contributed by atoms with Crippen molar-refractivity contribution in [3.8, 4) is 0 Å². The molecule has 20 heavy (non-hydrogen) atoms. The molecule has 0 bridgehead atoms. The second-order valence-electron chi connectivity index (χ2n) is 7.18. The van der Waals surface area contributed by atoms with Gasteiger partial charge in [-0.15, -0.1) is 0 Å². The van der Waals surface area contributed by atoms with Crippen molar-refractivity contribution in [2.24, 2.45) is 11.8 Å². The van der Waals surface area contributed by atoms with Gasteiger partial charge in [-0.1, -0.05) is 51.0 Å². The second kappa shape index (κ2) is 6.30. The molecule has 0 heterocycles. The van der Waals surface area contributed by atoms with Crippen molar-refractivity contribution in [2.45, 2.75) is 70.9 Å². The summed E-state index contributed by atoms with van der Waals surface area (Å²) in [5.74, 6) is 1.78.